The van der Waals surface area contributed by atoms with Crippen molar-refractivity contribution in [2.24, 2.45) is 5.73 Å². The van der Waals surface area contributed by atoms with Gasteiger partial charge < -0.3 is 5.73 Å². The summed E-state index contributed by atoms with van der Waals surface area (Å²) in [5.41, 5.74) is 5.31. The van der Waals surface area contributed by atoms with Crippen LogP contribution in [-0.2, 0) is 10.2 Å². The summed E-state index contributed by atoms with van der Waals surface area (Å²) in [4.78, 5) is 0. The Labute approximate surface area is 80.5 Å². The zero-order valence-electron chi connectivity index (χ0n) is 8.61. The van der Waals surface area contributed by atoms with Gasteiger partial charge in [-0.2, -0.15) is 17.4 Å². The highest BCUT2D eigenvalue weighted by Crippen LogP contribution is 2.01. The summed E-state index contributed by atoms with van der Waals surface area (Å²) in [5.74, 6) is 0. The second-order valence-electron chi connectivity index (χ2n) is 3.37. The lowest BCUT2D eigenvalue weighted by molar-refractivity contribution is 0.398. The number of nitrogens with zero attached hydrogens (tertiary/aromatic N) is 1. The maximum Gasteiger partial charge on any atom is 0.279 e. The van der Waals surface area contributed by atoms with Crippen molar-refractivity contribution in [3.63, 3.8) is 0 Å². The Kier molecular flexibility index (Phi) is 4.83. The number of nitrogens with two attached hydrogens (primary N) is 1. The van der Waals surface area contributed by atoms with Gasteiger partial charge in [0.15, 0.2) is 0 Å². The third-order valence-electron chi connectivity index (χ3n) is 1.81. The molecule has 1 atom stereocenters. The average molecular weight is 209 g/mol. The monoisotopic (exact) mass is 209 g/mol. The molecular weight excluding hydrogens is 190 g/mol. The summed E-state index contributed by atoms with van der Waals surface area (Å²) in [6.07, 6.45) is 0. The van der Waals surface area contributed by atoms with Gasteiger partial charge in [-0.1, -0.05) is 0 Å². The highest BCUT2D eigenvalue weighted by atomic mass is 32.2. The molecule has 0 aromatic heterocycles. The quantitative estimate of drug-likeness (QED) is 0.641. The van der Waals surface area contributed by atoms with Gasteiger partial charge in [0.2, 0.25) is 0 Å². The minimum absolute atomic E-state index is 0.0533. The Morgan fingerprint density at radius 3 is 2.15 bits per heavy atom. The molecule has 0 amide bonds. The Morgan fingerprint density at radius 2 is 1.85 bits per heavy atom. The van der Waals surface area contributed by atoms with Gasteiger partial charge >= 0.3 is 0 Å². The minimum atomic E-state index is -3.37. The zero-order chi connectivity index (χ0) is 10.6. The molecule has 0 unspecified atom stereocenters. The largest absolute Gasteiger partial charge is 0.329 e. The van der Waals surface area contributed by atoms with E-state index in [4.69, 9.17) is 5.73 Å². The molecule has 0 radical (unpaired) electrons. The fourth-order valence-corrected chi connectivity index (χ4v) is 1.99. The maximum atomic E-state index is 11.5. The van der Waals surface area contributed by atoms with E-state index < -0.39 is 10.2 Å². The van der Waals surface area contributed by atoms with Crippen molar-refractivity contribution in [2.45, 2.75) is 32.9 Å². The molecule has 0 bridgehead atoms. The van der Waals surface area contributed by atoms with Crippen molar-refractivity contribution >= 4 is 10.2 Å². The van der Waals surface area contributed by atoms with Crippen LogP contribution in [0.4, 0.5) is 0 Å². The topological polar surface area (TPSA) is 75.4 Å². The van der Waals surface area contributed by atoms with Crippen molar-refractivity contribution in [3.05, 3.63) is 0 Å². The summed E-state index contributed by atoms with van der Waals surface area (Å²) in [5, 5.41) is 0. The van der Waals surface area contributed by atoms with E-state index in [0.717, 1.165) is 0 Å². The molecule has 0 aromatic carbocycles. The van der Waals surface area contributed by atoms with Gasteiger partial charge in [-0.25, -0.2) is 0 Å². The van der Waals surface area contributed by atoms with E-state index in [1.807, 2.05) is 13.8 Å². The molecule has 0 aromatic rings. The molecule has 0 spiro atoms. The Morgan fingerprint density at radius 1 is 1.38 bits per heavy atom. The number of nitrogens with one attached hydrogen (secondary N) is 1. The van der Waals surface area contributed by atoms with Crippen molar-refractivity contribution in [1.82, 2.24) is 9.03 Å². The molecule has 0 aliphatic heterocycles. The summed E-state index contributed by atoms with van der Waals surface area (Å²) < 4.78 is 26.7. The van der Waals surface area contributed by atoms with Crippen LogP contribution in [-0.4, -0.2) is 38.4 Å². The minimum Gasteiger partial charge on any atom is -0.329 e. The SMILES string of the molecule is CC(C)N(C)S(=O)(=O)N[C@@H](C)CN. The van der Waals surface area contributed by atoms with Crippen LogP contribution in [0.3, 0.4) is 0 Å². The van der Waals surface area contributed by atoms with E-state index in [9.17, 15) is 8.42 Å². The molecule has 0 fully saturated rings. The second-order valence-corrected chi connectivity index (χ2v) is 5.13. The van der Waals surface area contributed by atoms with Gasteiger partial charge in [-0.05, 0) is 20.8 Å². The predicted molar refractivity (Wildman–Crippen MR) is 53.5 cm³/mol. The van der Waals surface area contributed by atoms with Crippen molar-refractivity contribution in [3.8, 4) is 0 Å². The molecule has 6 heteroatoms. The first-order valence-electron chi connectivity index (χ1n) is 4.26. The third-order valence-corrected chi connectivity index (χ3v) is 3.69. The van der Waals surface area contributed by atoms with Crippen molar-refractivity contribution < 1.29 is 8.42 Å². The summed E-state index contributed by atoms with van der Waals surface area (Å²) >= 11 is 0. The van der Waals surface area contributed by atoms with E-state index >= 15 is 0 Å². The van der Waals surface area contributed by atoms with Crippen molar-refractivity contribution in [1.29, 1.82) is 0 Å². The molecule has 3 N–H and O–H groups in total. The van der Waals surface area contributed by atoms with E-state index in [1.165, 1.54) is 11.4 Å². The van der Waals surface area contributed by atoms with E-state index in [1.54, 1.807) is 6.92 Å². The first-order valence-corrected chi connectivity index (χ1v) is 5.70. The molecule has 0 aliphatic rings. The van der Waals surface area contributed by atoms with Crippen LogP contribution < -0.4 is 10.5 Å². The van der Waals surface area contributed by atoms with Gasteiger partial charge in [0.1, 0.15) is 0 Å². The van der Waals surface area contributed by atoms with Gasteiger partial charge in [-0.3, -0.25) is 0 Å². The van der Waals surface area contributed by atoms with Gasteiger partial charge in [-0.15, -0.1) is 0 Å². The first kappa shape index (κ1) is 12.8. The summed E-state index contributed by atoms with van der Waals surface area (Å²) in [6.45, 7) is 5.65. The zero-order valence-corrected chi connectivity index (χ0v) is 9.43. The van der Waals surface area contributed by atoms with Crippen LogP contribution >= 0.6 is 0 Å². The van der Waals surface area contributed by atoms with Crippen molar-refractivity contribution in [2.75, 3.05) is 13.6 Å². The van der Waals surface area contributed by atoms with Crippen LogP contribution in [0.1, 0.15) is 20.8 Å². The maximum absolute atomic E-state index is 11.5. The fourth-order valence-electron chi connectivity index (χ4n) is 0.663. The van der Waals surface area contributed by atoms with E-state index in [0.29, 0.717) is 6.54 Å². The summed E-state index contributed by atoms with van der Waals surface area (Å²) in [7, 11) is -1.83. The van der Waals surface area contributed by atoms with E-state index in [2.05, 4.69) is 4.72 Å². The molecule has 0 rings (SSSR count). The molecule has 13 heavy (non-hydrogen) atoms. The highest BCUT2D eigenvalue weighted by molar-refractivity contribution is 7.87. The van der Waals surface area contributed by atoms with Crippen LogP contribution in [0.15, 0.2) is 0 Å². The van der Waals surface area contributed by atoms with Crippen LogP contribution in [0.5, 0.6) is 0 Å². The summed E-state index contributed by atoms with van der Waals surface area (Å²) in [6, 6.07) is -0.284. The molecule has 80 valence electrons. The second kappa shape index (κ2) is 4.90. The Balaban J connectivity index is 4.41. The van der Waals surface area contributed by atoms with Crippen LogP contribution in [0.2, 0.25) is 0 Å². The molecule has 0 saturated carbocycles. The number of hydrogen-bond acceptors (Lipinski definition) is 3. The third kappa shape index (κ3) is 4.04. The number of hydrogen-bond donors (Lipinski definition) is 2. The Bertz CT molecular complexity index is 238. The Hall–Kier alpha value is -0.170. The lowest BCUT2D eigenvalue weighted by Crippen LogP contribution is -2.47. The number of rotatable bonds is 5. The molecule has 0 aliphatic carbocycles. The lowest BCUT2D eigenvalue weighted by Gasteiger charge is -2.23. The smallest absolute Gasteiger partial charge is 0.279 e. The van der Waals surface area contributed by atoms with Crippen LogP contribution in [0, 0.1) is 0 Å². The average Bonchev–Trinajstić information content (AvgIpc) is 2.01. The highest BCUT2D eigenvalue weighted by Gasteiger charge is 2.21. The van der Waals surface area contributed by atoms with Gasteiger partial charge in [0, 0.05) is 25.7 Å². The first-order chi connectivity index (χ1) is 5.81. The van der Waals surface area contributed by atoms with E-state index in [-0.39, 0.29) is 12.1 Å². The molecular formula is C7H19N3O2S. The van der Waals surface area contributed by atoms with Gasteiger partial charge in [0.25, 0.3) is 10.2 Å². The fraction of sp³-hybridized carbons (Fsp3) is 1.00. The molecule has 5 nitrogen and oxygen atoms in total. The normalized spacial score (nSPS) is 15.3. The lowest BCUT2D eigenvalue weighted by atomic mass is 10.4. The molecule has 0 saturated heterocycles. The predicted octanol–water partition coefficient (Wildman–Crippen LogP) is -0.492. The van der Waals surface area contributed by atoms with Gasteiger partial charge in [0.05, 0.1) is 0 Å². The van der Waals surface area contributed by atoms with Crippen LogP contribution in [0.25, 0.3) is 0 Å². The standard InChI is InChI=1S/C7H19N3O2S/c1-6(2)10(4)13(11,12)9-7(3)5-8/h6-7,9H,5,8H2,1-4H3/t7-/m0/s1. The molecule has 0 heterocycles.